The van der Waals surface area contributed by atoms with Crippen molar-refractivity contribution in [3.63, 3.8) is 0 Å². The summed E-state index contributed by atoms with van der Waals surface area (Å²) >= 11 is 0. The second kappa shape index (κ2) is 15.7. The van der Waals surface area contributed by atoms with Gasteiger partial charge in [0.05, 0.1) is 19.3 Å². The van der Waals surface area contributed by atoms with Crippen LogP contribution in [0, 0.1) is 0 Å². The lowest BCUT2D eigenvalue weighted by atomic mass is 9.97. The van der Waals surface area contributed by atoms with Crippen molar-refractivity contribution in [3.05, 3.63) is 40.6 Å². The Hall–Kier alpha value is -3.91. The molecule has 15 atom stereocenters. The molecule has 0 aliphatic carbocycles. The molecule has 3 aliphatic heterocycles. The number of phenols is 4. The average Bonchev–Trinajstić information content (AvgIpc) is 3.13. The van der Waals surface area contributed by atoms with Gasteiger partial charge in [-0.2, -0.15) is 0 Å². The van der Waals surface area contributed by atoms with Crippen molar-refractivity contribution in [1.29, 1.82) is 0 Å². The van der Waals surface area contributed by atoms with Gasteiger partial charge >= 0.3 is 0 Å². The van der Waals surface area contributed by atoms with Gasteiger partial charge in [0.15, 0.2) is 35.9 Å². The van der Waals surface area contributed by atoms with Gasteiger partial charge in [-0.3, -0.25) is 4.79 Å². The Balaban J connectivity index is 1.40. The van der Waals surface area contributed by atoms with Crippen molar-refractivity contribution in [3.8, 4) is 40.1 Å². The number of phenolic OH excluding ortho intramolecular Hbond substituents is 4. The molecule has 13 N–H and O–H groups in total. The average molecular weight is 773 g/mol. The normalized spacial score (nSPS) is 37.3. The molecule has 3 fully saturated rings. The zero-order valence-corrected chi connectivity index (χ0v) is 28.0. The van der Waals surface area contributed by atoms with E-state index in [9.17, 15) is 71.2 Å². The Morgan fingerprint density at radius 3 is 2.00 bits per heavy atom. The van der Waals surface area contributed by atoms with E-state index in [1.165, 1.54) is 13.0 Å². The zero-order chi connectivity index (χ0) is 39.3. The van der Waals surface area contributed by atoms with E-state index < -0.39 is 151 Å². The highest BCUT2D eigenvalue weighted by atomic mass is 16.8. The number of aliphatic hydroxyl groups is 9. The second-order valence-electron chi connectivity index (χ2n) is 13.1. The van der Waals surface area contributed by atoms with E-state index in [-0.39, 0.29) is 11.1 Å². The second-order valence-corrected chi connectivity index (χ2v) is 13.1. The van der Waals surface area contributed by atoms with Crippen LogP contribution in [0.1, 0.15) is 6.92 Å². The highest BCUT2D eigenvalue weighted by Gasteiger charge is 2.52. The molecule has 3 aromatic rings. The van der Waals surface area contributed by atoms with Crippen LogP contribution in [-0.4, -0.2) is 172 Å². The quantitative estimate of drug-likeness (QED) is 0.0925. The van der Waals surface area contributed by atoms with E-state index in [0.29, 0.717) is 0 Å². The third-order valence-corrected chi connectivity index (χ3v) is 9.41. The van der Waals surface area contributed by atoms with Crippen LogP contribution in [0.5, 0.6) is 28.7 Å². The standard InChI is InChI=1S/C33H40O21/c1-9-19(39)23(43)27(47)32(49-9)54-30-25(45)21(41)17(8-48-31-26(46)24(44)20(40)16(7-34)51-31)52-33(30)53-29-22(42)18-14(38)5-11(35)6-15(18)50-28(29)10-2-3-12(36)13(37)4-10/h2-6,9,16-17,19-21,23-27,30-41,43-47H,7-8H2,1H3/t9?,16?,17?,19-,20+,21+,23?,24-,25?,26?,27-,30?,31+,32-,33-/m0/s1. The summed E-state index contributed by atoms with van der Waals surface area (Å²) in [5, 5.41) is 134. The van der Waals surface area contributed by atoms with Crippen LogP contribution in [0.3, 0.4) is 0 Å². The summed E-state index contributed by atoms with van der Waals surface area (Å²) in [7, 11) is 0. The van der Waals surface area contributed by atoms with E-state index in [1.807, 2.05) is 0 Å². The number of aromatic hydroxyl groups is 4. The summed E-state index contributed by atoms with van der Waals surface area (Å²) in [4.78, 5) is 14.1. The fourth-order valence-electron chi connectivity index (χ4n) is 6.30. The van der Waals surface area contributed by atoms with Gasteiger partial charge < -0.3 is 99.2 Å². The highest BCUT2D eigenvalue weighted by molar-refractivity contribution is 5.88. The number of hydrogen-bond acceptors (Lipinski definition) is 21. The Morgan fingerprint density at radius 2 is 1.31 bits per heavy atom. The van der Waals surface area contributed by atoms with E-state index >= 15 is 0 Å². The first-order valence-corrected chi connectivity index (χ1v) is 16.5. The maximum Gasteiger partial charge on any atom is 0.239 e. The Morgan fingerprint density at radius 1 is 0.667 bits per heavy atom. The molecule has 1 aromatic heterocycles. The van der Waals surface area contributed by atoms with Gasteiger partial charge in [0.1, 0.15) is 83.5 Å². The smallest absolute Gasteiger partial charge is 0.239 e. The van der Waals surface area contributed by atoms with E-state index in [2.05, 4.69) is 0 Å². The SMILES string of the molecule is CC1O[C@@H](OC2C(O)[C@H](O)C(CO[C@@H]3OC(CO)[C@@H](O)[C@H](O)C3O)O[C@H]2Oc2c(-c3ccc(O)c(O)c3)oc3cc(O)cc(O)c3c2=O)[C@@H](O)C(O)[C@H]1O. The fraction of sp³-hybridized carbons (Fsp3) is 0.545. The van der Waals surface area contributed by atoms with Gasteiger partial charge in [-0.15, -0.1) is 0 Å². The third kappa shape index (κ3) is 7.39. The molecule has 0 amide bonds. The van der Waals surface area contributed by atoms with Crippen LogP contribution in [-0.2, 0) is 23.7 Å². The largest absolute Gasteiger partial charge is 0.508 e. The minimum Gasteiger partial charge on any atom is -0.508 e. The van der Waals surface area contributed by atoms with Gasteiger partial charge in [0, 0.05) is 17.7 Å². The highest BCUT2D eigenvalue weighted by Crippen LogP contribution is 2.40. The lowest BCUT2D eigenvalue weighted by Gasteiger charge is -2.46. The topological polar surface area (TPSA) is 349 Å². The van der Waals surface area contributed by atoms with Crippen LogP contribution in [0.15, 0.2) is 39.5 Å². The minimum absolute atomic E-state index is 0.115. The Bertz CT molecular complexity index is 1850. The van der Waals surface area contributed by atoms with Crippen molar-refractivity contribution in [1.82, 2.24) is 0 Å². The Kier molecular flexibility index (Phi) is 11.5. The van der Waals surface area contributed by atoms with Crippen LogP contribution in [0.25, 0.3) is 22.3 Å². The molecule has 6 rings (SSSR count). The molecular formula is C33H40O21. The molecule has 54 heavy (non-hydrogen) atoms. The predicted molar refractivity (Wildman–Crippen MR) is 173 cm³/mol. The lowest BCUT2D eigenvalue weighted by Crippen LogP contribution is -2.65. The lowest BCUT2D eigenvalue weighted by molar-refractivity contribution is -0.360. The molecule has 0 saturated carbocycles. The van der Waals surface area contributed by atoms with Gasteiger partial charge in [-0.1, -0.05) is 0 Å². The monoisotopic (exact) mass is 772 g/mol. The van der Waals surface area contributed by atoms with E-state index in [4.69, 9.17) is 32.8 Å². The number of ether oxygens (including phenoxy) is 6. The minimum atomic E-state index is -2.08. The first kappa shape index (κ1) is 39.8. The molecule has 0 spiro atoms. The fourth-order valence-corrected chi connectivity index (χ4v) is 6.30. The number of hydrogen-bond donors (Lipinski definition) is 13. The van der Waals surface area contributed by atoms with Crippen LogP contribution in [0.4, 0.5) is 0 Å². The van der Waals surface area contributed by atoms with Gasteiger partial charge in [-0.25, -0.2) is 0 Å². The van der Waals surface area contributed by atoms with Gasteiger partial charge in [0.25, 0.3) is 0 Å². The van der Waals surface area contributed by atoms with Crippen molar-refractivity contribution in [2.45, 2.75) is 99.0 Å². The first-order valence-electron chi connectivity index (χ1n) is 16.5. The summed E-state index contributed by atoms with van der Waals surface area (Å²) < 4.78 is 39.8. The van der Waals surface area contributed by atoms with Gasteiger partial charge in [0.2, 0.25) is 17.5 Å². The first-order chi connectivity index (χ1) is 25.5. The van der Waals surface area contributed by atoms with Crippen molar-refractivity contribution >= 4 is 11.0 Å². The summed E-state index contributed by atoms with van der Waals surface area (Å²) in [5.74, 6) is -3.79. The van der Waals surface area contributed by atoms with Crippen LogP contribution in [0.2, 0.25) is 0 Å². The van der Waals surface area contributed by atoms with Crippen LogP contribution >= 0.6 is 0 Å². The van der Waals surface area contributed by atoms with E-state index in [1.54, 1.807) is 0 Å². The summed E-state index contributed by atoms with van der Waals surface area (Å²) in [6.07, 6.45) is -26.5. The molecule has 2 aromatic carbocycles. The van der Waals surface area contributed by atoms with E-state index in [0.717, 1.165) is 24.3 Å². The number of benzene rings is 2. The number of fused-ring (bicyclic) bond motifs is 1. The molecular weight excluding hydrogens is 732 g/mol. The molecule has 21 heteroatoms. The molecule has 3 saturated heterocycles. The summed E-state index contributed by atoms with van der Waals surface area (Å²) in [6, 6.07) is 5.02. The van der Waals surface area contributed by atoms with Crippen molar-refractivity contribution < 1.29 is 99.2 Å². The third-order valence-electron chi connectivity index (χ3n) is 9.41. The molecule has 4 heterocycles. The number of aliphatic hydroxyl groups excluding tert-OH is 9. The van der Waals surface area contributed by atoms with Crippen molar-refractivity contribution in [2.75, 3.05) is 13.2 Å². The van der Waals surface area contributed by atoms with Crippen LogP contribution < -0.4 is 10.2 Å². The summed E-state index contributed by atoms with van der Waals surface area (Å²) in [5.41, 5.74) is -1.60. The summed E-state index contributed by atoms with van der Waals surface area (Å²) in [6.45, 7) is -0.225. The number of rotatable bonds is 9. The molecule has 0 radical (unpaired) electrons. The Labute approximate surface area is 303 Å². The molecule has 21 nitrogen and oxygen atoms in total. The maximum absolute atomic E-state index is 14.1. The molecule has 3 aliphatic rings. The molecule has 0 bridgehead atoms. The maximum atomic E-state index is 14.1. The van der Waals surface area contributed by atoms with Crippen molar-refractivity contribution in [2.24, 2.45) is 0 Å². The predicted octanol–water partition coefficient (Wildman–Crippen LogP) is -3.86. The molecule has 7 unspecified atom stereocenters. The molecule has 298 valence electrons. The van der Waals surface area contributed by atoms with Gasteiger partial charge in [-0.05, 0) is 25.1 Å². The zero-order valence-electron chi connectivity index (χ0n) is 28.0.